The van der Waals surface area contributed by atoms with Gasteiger partial charge in [0.25, 0.3) is 5.91 Å². The van der Waals surface area contributed by atoms with E-state index in [0.717, 1.165) is 75.3 Å². The fourth-order valence-electron chi connectivity index (χ4n) is 5.01. The Morgan fingerprint density at radius 1 is 1.12 bits per heavy atom. The van der Waals surface area contributed by atoms with Gasteiger partial charge in [0.2, 0.25) is 0 Å². The Morgan fingerprint density at radius 3 is 2.44 bits per heavy atom. The van der Waals surface area contributed by atoms with Crippen LogP contribution in [0.25, 0.3) is 11.0 Å². The Kier molecular flexibility index (Phi) is 8.90. The van der Waals surface area contributed by atoms with Crippen molar-refractivity contribution in [2.24, 2.45) is 11.8 Å². The van der Waals surface area contributed by atoms with Gasteiger partial charge in [-0.1, -0.05) is 19.9 Å². The molecule has 0 saturated carbocycles. The predicted molar refractivity (Wildman–Crippen MR) is 132 cm³/mol. The second-order valence-electron chi connectivity index (χ2n) is 9.83. The number of nitrogens with zero attached hydrogens (tertiary/aromatic N) is 3. The molecule has 2 aliphatic heterocycles. The van der Waals surface area contributed by atoms with Gasteiger partial charge in [0.1, 0.15) is 11.3 Å². The number of amides is 2. The van der Waals surface area contributed by atoms with E-state index in [4.69, 9.17) is 4.74 Å². The molecule has 2 amide bonds. The third kappa shape index (κ3) is 6.07. The molecule has 9 nitrogen and oxygen atoms in total. The third-order valence-electron chi connectivity index (χ3n) is 7.14. The van der Waals surface area contributed by atoms with Gasteiger partial charge in [0, 0.05) is 32.1 Å². The molecule has 0 atom stereocenters. The molecule has 2 aromatic rings. The summed E-state index contributed by atoms with van der Waals surface area (Å²) in [5.74, 6) is 2.32. The Morgan fingerprint density at radius 2 is 1.79 bits per heavy atom. The lowest BCUT2D eigenvalue weighted by Gasteiger charge is -2.37. The number of para-hydroxylation sites is 1. The van der Waals surface area contributed by atoms with Crippen molar-refractivity contribution in [3.05, 3.63) is 29.6 Å². The fourth-order valence-corrected chi connectivity index (χ4v) is 5.01. The summed E-state index contributed by atoms with van der Waals surface area (Å²) in [6, 6.07) is 5.74. The quantitative estimate of drug-likeness (QED) is 0.668. The maximum absolute atomic E-state index is 12.9. The zero-order chi connectivity index (χ0) is 23.4. The number of imidazole rings is 1. The molecule has 4 rings (SSSR count). The van der Waals surface area contributed by atoms with Crippen LogP contribution in [0, 0.1) is 11.8 Å². The maximum Gasteiger partial charge on any atom is 0.409 e. The Bertz CT molecular complexity index is 959. The monoisotopic (exact) mass is 473 g/mol. The third-order valence-corrected chi connectivity index (χ3v) is 7.14. The number of rotatable bonds is 6. The smallest absolute Gasteiger partial charge is 0.409 e. The van der Waals surface area contributed by atoms with E-state index in [1.54, 1.807) is 4.90 Å². The summed E-state index contributed by atoms with van der Waals surface area (Å²) in [6.45, 7) is 9.73. The van der Waals surface area contributed by atoms with Gasteiger partial charge in [-0.3, -0.25) is 4.79 Å². The van der Waals surface area contributed by atoms with Crippen LogP contribution >= 0.6 is 0 Å². The van der Waals surface area contributed by atoms with E-state index in [1.807, 2.05) is 18.2 Å². The largest absolute Gasteiger partial charge is 0.453 e. The minimum atomic E-state index is -0.208. The number of aromatic nitrogens is 2. The highest BCUT2D eigenvalue weighted by molar-refractivity contribution is 6.04. The van der Waals surface area contributed by atoms with E-state index in [1.165, 1.54) is 7.11 Å². The SMILES string of the molecule is COC(=O)N1CCC(CN2CCC(CNC(=O)c3cccc4[nH]c(C(C)C)nc34)CC2)CC1.O. The Hall–Kier alpha value is -2.65. The number of fused-ring (bicyclic) bond motifs is 1. The number of H-pyrrole nitrogens is 1. The molecule has 0 unspecified atom stereocenters. The number of methoxy groups -OCH3 is 1. The first-order chi connectivity index (χ1) is 15.9. The highest BCUT2D eigenvalue weighted by atomic mass is 16.5. The zero-order valence-electron chi connectivity index (χ0n) is 20.6. The highest BCUT2D eigenvalue weighted by Gasteiger charge is 2.27. The van der Waals surface area contributed by atoms with Crippen LogP contribution in [-0.4, -0.2) is 83.6 Å². The minimum Gasteiger partial charge on any atom is -0.453 e. The lowest BCUT2D eigenvalue weighted by Crippen LogP contribution is -2.44. The summed E-state index contributed by atoms with van der Waals surface area (Å²) >= 11 is 0. The second kappa shape index (κ2) is 11.7. The van der Waals surface area contributed by atoms with Crippen molar-refractivity contribution in [3.8, 4) is 0 Å². The first-order valence-corrected chi connectivity index (χ1v) is 12.3. The molecule has 4 N–H and O–H groups in total. The topological polar surface area (TPSA) is 122 Å². The molecule has 0 aliphatic carbocycles. The minimum absolute atomic E-state index is 0. The van der Waals surface area contributed by atoms with E-state index >= 15 is 0 Å². The highest BCUT2D eigenvalue weighted by Crippen LogP contribution is 2.24. The van der Waals surface area contributed by atoms with Gasteiger partial charge in [0.05, 0.1) is 18.2 Å². The molecular weight excluding hydrogens is 434 g/mol. The molecule has 3 heterocycles. The maximum atomic E-state index is 12.9. The summed E-state index contributed by atoms with van der Waals surface area (Å²) < 4.78 is 4.83. The molecule has 1 aromatic carbocycles. The van der Waals surface area contributed by atoms with Crippen LogP contribution in [0.1, 0.15) is 61.6 Å². The molecule has 34 heavy (non-hydrogen) atoms. The zero-order valence-corrected chi connectivity index (χ0v) is 20.6. The molecule has 188 valence electrons. The first-order valence-electron chi connectivity index (χ1n) is 12.3. The fraction of sp³-hybridized carbons (Fsp3) is 0.640. The van der Waals surface area contributed by atoms with Crippen LogP contribution in [0.2, 0.25) is 0 Å². The van der Waals surface area contributed by atoms with Gasteiger partial charge in [-0.15, -0.1) is 0 Å². The van der Waals surface area contributed by atoms with E-state index in [2.05, 4.69) is 34.0 Å². The lowest BCUT2D eigenvalue weighted by molar-refractivity contribution is 0.0891. The summed E-state index contributed by atoms with van der Waals surface area (Å²) in [6.07, 6.45) is 4.08. The van der Waals surface area contributed by atoms with Crippen molar-refractivity contribution in [3.63, 3.8) is 0 Å². The summed E-state index contributed by atoms with van der Waals surface area (Å²) in [5, 5.41) is 3.16. The van der Waals surface area contributed by atoms with Crippen LogP contribution in [0.4, 0.5) is 4.79 Å². The van der Waals surface area contributed by atoms with E-state index in [-0.39, 0.29) is 17.5 Å². The number of likely N-dealkylation sites (tertiary alicyclic amines) is 2. The molecule has 1 aromatic heterocycles. The van der Waals surface area contributed by atoms with Crippen LogP contribution in [0.5, 0.6) is 0 Å². The van der Waals surface area contributed by atoms with E-state index in [9.17, 15) is 9.59 Å². The number of carbonyl (C=O) groups is 2. The van der Waals surface area contributed by atoms with Crippen molar-refractivity contribution in [1.82, 2.24) is 25.1 Å². The molecule has 0 radical (unpaired) electrons. The Labute approximate surface area is 201 Å². The van der Waals surface area contributed by atoms with Crippen LogP contribution < -0.4 is 5.32 Å². The molecule has 2 aliphatic rings. The van der Waals surface area contributed by atoms with Crippen molar-refractivity contribution in [2.45, 2.75) is 45.4 Å². The molecule has 0 bridgehead atoms. The van der Waals surface area contributed by atoms with Gasteiger partial charge < -0.3 is 30.3 Å². The van der Waals surface area contributed by atoms with E-state index < -0.39 is 0 Å². The van der Waals surface area contributed by atoms with Gasteiger partial charge in [-0.25, -0.2) is 9.78 Å². The number of hydrogen-bond acceptors (Lipinski definition) is 5. The molecule has 2 saturated heterocycles. The Balaban J connectivity index is 0.00000324. The number of piperidine rings is 2. The van der Waals surface area contributed by atoms with Crippen LogP contribution in [0.3, 0.4) is 0 Å². The number of nitrogens with one attached hydrogen (secondary N) is 2. The number of ether oxygens (including phenoxy) is 1. The number of carbonyl (C=O) groups excluding carboxylic acids is 2. The lowest BCUT2D eigenvalue weighted by atomic mass is 9.93. The van der Waals surface area contributed by atoms with Crippen molar-refractivity contribution >= 4 is 23.0 Å². The van der Waals surface area contributed by atoms with Crippen molar-refractivity contribution in [2.75, 3.05) is 46.4 Å². The average molecular weight is 474 g/mol. The standard InChI is InChI=1S/C25H37N5O3.H2O/c1-17(2)23-27-21-6-4-5-20(22(21)28-23)24(31)26-15-18-7-11-29(12-8-18)16-19-9-13-30(14-10-19)25(32)33-3;/h4-6,17-19H,7-16H2,1-3H3,(H,26,31)(H,27,28);1H2. The van der Waals surface area contributed by atoms with Crippen LogP contribution in [0.15, 0.2) is 18.2 Å². The molecule has 2 fully saturated rings. The normalized spacial score (nSPS) is 18.2. The van der Waals surface area contributed by atoms with Gasteiger partial charge in [0.15, 0.2) is 0 Å². The summed E-state index contributed by atoms with van der Waals surface area (Å²) in [5.41, 5.74) is 2.32. The second-order valence-corrected chi connectivity index (χ2v) is 9.83. The van der Waals surface area contributed by atoms with E-state index in [0.29, 0.717) is 29.9 Å². The summed E-state index contributed by atoms with van der Waals surface area (Å²) in [4.78, 5) is 36.9. The van der Waals surface area contributed by atoms with Crippen LogP contribution in [-0.2, 0) is 4.74 Å². The van der Waals surface area contributed by atoms with Crippen molar-refractivity contribution in [1.29, 1.82) is 0 Å². The predicted octanol–water partition coefficient (Wildman–Crippen LogP) is 2.78. The van der Waals surface area contributed by atoms with Gasteiger partial charge in [-0.2, -0.15) is 0 Å². The number of hydrogen-bond donors (Lipinski definition) is 2. The van der Waals surface area contributed by atoms with Gasteiger partial charge in [-0.05, 0) is 62.7 Å². The van der Waals surface area contributed by atoms with Gasteiger partial charge >= 0.3 is 6.09 Å². The number of aromatic amines is 1. The molecule has 0 spiro atoms. The first kappa shape index (κ1) is 26.0. The van der Waals surface area contributed by atoms with Crippen molar-refractivity contribution < 1.29 is 19.8 Å². The summed E-state index contributed by atoms with van der Waals surface area (Å²) in [7, 11) is 1.45. The molecular formula is C25H39N5O4. The number of benzene rings is 1. The molecule has 9 heteroatoms. The average Bonchev–Trinajstić information content (AvgIpc) is 3.28.